The van der Waals surface area contributed by atoms with E-state index in [1.54, 1.807) is 0 Å². The van der Waals surface area contributed by atoms with Crippen LogP contribution in [0.15, 0.2) is 0 Å². The standard InChI is InChI=1S/C8H10N2OS/c9-7(11)8-10-5-3-1-2-4-6(5)12-8/h1-4H2,(H2,9,11). The predicted molar refractivity (Wildman–Crippen MR) is 47.3 cm³/mol. The fourth-order valence-corrected chi connectivity index (χ4v) is 2.46. The highest BCUT2D eigenvalue weighted by Gasteiger charge is 2.16. The van der Waals surface area contributed by atoms with Crippen molar-refractivity contribution in [3.63, 3.8) is 0 Å². The molecule has 1 aliphatic carbocycles. The molecule has 1 aliphatic rings. The normalized spacial score (nSPS) is 15.7. The maximum absolute atomic E-state index is 10.8. The molecule has 1 aromatic rings. The van der Waals surface area contributed by atoms with Crippen molar-refractivity contribution >= 4 is 17.2 Å². The molecule has 4 heteroatoms. The van der Waals surface area contributed by atoms with E-state index in [1.807, 2.05) is 0 Å². The van der Waals surface area contributed by atoms with Crippen LogP contribution in [-0.4, -0.2) is 10.9 Å². The number of rotatable bonds is 1. The zero-order valence-electron chi connectivity index (χ0n) is 6.67. The third-order valence-electron chi connectivity index (χ3n) is 2.06. The molecule has 0 atom stereocenters. The van der Waals surface area contributed by atoms with Gasteiger partial charge in [-0.15, -0.1) is 11.3 Å². The van der Waals surface area contributed by atoms with Crippen LogP contribution in [0.5, 0.6) is 0 Å². The molecule has 0 aliphatic heterocycles. The fourth-order valence-electron chi connectivity index (χ4n) is 1.46. The monoisotopic (exact) mass is 182 g/mol. The summed E-state index contributed by atoms with van der Waals surface area (Å²) in [5, 5.41) is 0.474. The summed E-state index contributed by atoms with van der Waals surface area (Å²) in [5.41, 5.74) is 6.23. The number of carbonyl (C=O) groups is 1. The number of aromatic nitrogens is 1. The van der Waals surface area contributed by atoms with Gasteiger partial charge in [-0.25, -0.2) is 4.98 Å². The Morgan fingerprint density at radius 2 is 2.17 bits per heavy atom. The molecule has 1 heterocycles. The molecule has 0 fully saturated rings. The lowest BCUT2D eigenvalue weighted by Gasteiger charge is -2.06. The van der Waals surface area contributed by atoms with E-state index in [2.05, 4.69) is 4.98 Å². The third-order valence-corrected chi connectivity index (χ3v) is 3.23. The van der Waals surface area contributed by atoms with Gasteiger partial charge in [0.25, 0.3) is 5.91 Å². The molecule has 0 saturated carbocycles. The minimum atomic E-state index is -0.394. The number of amides is 1. The van der Waals surface area contributed by atoms with Crippen molar-refractivity contribution in [2.45, 2.75) is 25.7 Å². The first kappa shape index (κ1) is 7.73. The Balaban J connectivity index is 2.38. The van der Waals surface area contributed by atoms with Crippen LogP contribution in [0.1, 0.15) is 33.2 Å². The molecule has 1 amide bonds. The van der Waals surface area contributed by atoms with Gasteiger partial charge in [0, 0.05) is 4.88 Å². The smallest absolute Gasteiger partial charge is 0.277 e. The first-order chi connectivity index (χ1) is 5.77. The van der Waals surface area contributed by atoms with Gasteiger partial charge in [-0.05, 0) is 25.7 Å². The second kappa shape index (κ2) is 2.86. The number of hydrogen-bond acceptors (Lipinski definition) is 3. The lowest BCUT2D eigenvalue weighted by molar-refractivity contribution is 0.1000. The Morgan fingerprint density at radius 3 is 2.83 bits per heavy atom. The highest BCUT2D eigenvalue weighted by Crippen LogP contribution is 2.26. The van der Waals surface area contributed by atoms with Crippen LogP contribution >= 0.6 is 11.3 Å². The van der Waals surface area contributed by atoms with E-state index < -0.39 is 5.91 Å². The average molecular weight is 182 g/mol. The molecular weight excluding hydrogens is 172 g/mol. The molecule has 2 N–H and O–H groups in total. The van der Waals surface area contributed by atoms with Gasteiger partial charge in [0.2, 0.25) is 0 Å². The van der Waals surface area contributed by atoms with Crippen LogP contribution in [-0.2, 0) is 12.8 Å². The first-order valence-corrected chi connectivity index (χ1v) is 4.87. The van der Waals surface area contributed by atoms with E-state index in [0.29, 0.717) is 5.01 Å². The van der Waals surface area contributed by atoms with Gasteiger partial charge in [0.15, 0.2) is 5.01 Å². The van der Waals surface area contributed by atoms with E-state index in [-0.39, 0.29) is 0 Å². The Hall–Kier alpha value is -0.900. The largest absolute Gasteiger partial charge is 0.364 e. The Kier molecular flexibility index (Phi) is 1.84. The van der Waals surface area contributed by atoms with Crippen LogP contribution in [0.3, 0.4) is 0 Å². The average Bonchev–Trinajstić information content (AvgIpc) is 2.46. The summed E-state index contributed by atoms with van der Waals surface area (Å²) >= 11 is 1.46. The maximum Gasteiger partial charge on any atom is 0.277 e. The van der Waals surface area contributed by atoms with Gasteiger partial charge in [-0.3, -0.25) is 4.79 Å². The zero-order valence-corrected chi connectivity index (χ0v) is 7.49. The SMILES string of the molecule is NC(=O)c1nc2c(s1)CCCC2. The van der Waals surface area contributed by atoms with Crippen LogP contribution in [0.2, 0.25) is 0 Å². The summed E-state index contributed by atoms with van der Waals surface area (Å²) < 4.78 is 0. The number of carbonyl (C=O) groups excluding carboxylic acids is 1. The quantitative estimate of drug-likeness (QED) is 0.707. The molecule has 12 heavy (non-hydrogen) atoms. The van der Waals surface area contributed by atoms with Crippen LogP contribution in [0, 0.1) is 0 Å². The van der Waals surface area contributed by atoms with Crippen molar-refractivity contribution in [2.24, 2.45) is 5.73 Å². The lowest BCUT2D eigenvalue weighted by atomic mass is 10.0. The van der Waals surface area contributed by atoms with Crippen molar-refractivity contribution in [2.75, 3.05) is 0 Å². The van der Waals surface area contributed by atoms with Crippen LogP contribution in [0.4, 0.5) is 0 Å². The molecule has 3 nitrogen and oxygen atoms in total. The molecule has 0 saturated heterocycles. The number of nitrogens with two attached hydrogens (primary N) is 1. The minimum Gasteiger partial charge on any atom is -0.364 e. The first-order valence-electron chi connectivity index (χ1n) is 4.06. The summed E-state index contributed by atoms with van der Waals surface area (Å²) in [6, 6.07) is 0. The van der Waals surface area contributed by atoms with Crippen molar-refractivity contribution in [3.8, 4) is 0 Å². The van der Waals surface area contributed by atoms with Crippen molar-refractivity contribution in [1.29, 1.82) is 0 Å². The summed E-state index contributed by atoms with van der Waals surface area (Å²) in [6.07, 6.45) is 4.49. The molecule has 1 aromatic heterocycles. The molecule has 2 rings (SSSR count). The van der Waals surface area contributed by atoms with Gasteiger partial charge in [0.05, 0.1) is 5.69 Å². The summed E-state index contributed by atoms with van der Waals surface area (Å²) in [4.78, 5) is 16.2. The number of fused-ring (bicyclic) bond motifs is 1. The predicted octanol–water partition coefficient (Wildman–Crippen LogP) is 1.12. The topological polar surface area (TPSA) is 56.0 Å². The van der Waals surface area contributed by atoms with Crippen LogP contribution < -0.4 is 5.73 Å². The van der Waals surface area contributed by atoms with E-state index in [1.165, 1.54) is 29.1 Å². The van der Waals surface area contributed by atoms with Crippen molar-refractivity contribution < 1.29 is 4.79 Å². The summed E-state index contributed by atoms with van der Waals surface area (Å²) in [7, 11) is 0. The molecule has 64 valence electrons. The number of aryl methyl sites for hydroxylation is 2. The van der Waals surface area contributed by atoms with E-state index in [4.69, 9.17) is 5.73 Å². The number of nitrogens with zero attached hydrogens (tertiary/aromatic N) is 1. The Bertz CT molecular complexity index is 295. The Morgan fingerprint density at radius 1 is 1.42 bits per heavy atom. The van der Waals surface area contributed by atoms with Gasteiger partial charge in [0.1, 0.15) is 0 Å². The molecule has 0 radical (unpaired) electrons. The highest BCUT2D eigenvalue weighted by atomic mass is 32.1. The van der Waals surface area contributed by atoms with E-state index in [0.717, 1.165) is 18.5 Å². The summed E-state index contributed by atoms with van der Waals surface area (Å²) in [5.74, 6) is -0.394. The molecule has 0 spiro atoms. The fraction of sp³-hybridized carbons (Fsp3) is 0.500. The second-order valence-electron chi connectivity index (χ2n) is 2.96. The molecule has 0 unspecified atom stereocenters. The zero-order chi connectivity index (χ0) is 8.55. The van der Waals surface area contributed by atoms with Crippen molar-refractivity contribution in [1.82, 2.24) is 4.98 Å². The lowest BCUT2D eigenvalue weighted by Crippen LogP contribution is -2.10. The molecular formula is C8H10N2OS. The Labute approximate surface area is 74.6 Å². The van der Waals surface area contributed by atoms with Gasteiger partial charge >= 0.3 is 0 Å². The van der Waals surface area contributed by atoms with E-state index >= 15 is 0 Å². The van der Waals surface area contributed by atoms with Crippen LogP contribution in [0.25, 0.3) is 0 Å². The van der Waals surface area contributed by atoms with Gasteiger partial charge in [-0.1, -0.05) is 0 Å². The van der Waals surface area contributed by atoms with E-state index in [9.17, 15) is 4.79 Å². The second-order valence-corrected chi connectivity index (χ2v) is 4.04. The minimum absolute atomic E-state index is 0.394. The number of hydrogen-bond donors (Lipinski definition) is 1. The molecule has 0 aromatic carbocycles. The van der Waals surface area contributed by atoms with Gasteiger partial charge in [-0.2, -0.15) is 0 Å². The van der Waals surface area contributed by atoms with Crippen molar-refractivity contribution in [3.05, 3.63) is 15.6 Å². The third kappa shape index (κ3) is 1.22. The highest BCUT2D eigenvalue weighted by molar-refractivity contribution is 7.13. The molecule has 0 bridgehead atoms. The number of primary amides is 1. The maximum atomic E-state index is 10.8. The van der Waals surface area contributed by atoms with Gasteiger partial charge < -0.3 is 5.73 Å². The summed E-state index contributed by atoms with van der Waals surface area (Å²) in [6.45, 7) is 0. The number of thiazole rings is 1.